The molecule has 1 fully saturated rings. The number of carboxylic acids is 1. The summed E-state index contributed by atoms with van der Waals surface area (Å²) in [5.74, 6) is -1.46. The van der Waals surface area contributed by atoms with E-state index in [1.54, 1.807) is 0 Å². The summed E-state index contributed by atoms with van der Waals surface area (Å²) in [6.45, 7) is 3.73. The molecule has 0 aliphatic carbocycles. The second kappa shape index (κ2) is 9.07. The minimum Gasteiger partial charge on any atom is -0.545 e. The molecule has 1 saturated heterocycles. The second-order valence-corrected chi connectivity index (χ2v) is 7.02. The van der Waals surface area contributed by atoms with Crippen molar-refractivity contribution < 1.29 is 52.6 Å². The van der Waals surface area contributed by atoms with Gasteiger partial charge in [-0.05, 0) is 6.07 Å². The van der Waals surface area contributed by atoms with E-state index in [1.807, 2.05) is 0 Å². The van der Waals surface area contributed by atoms with Gasteiger partial charge < -0.3 is 14.6 Å². The molecule has 0 amide bonds. The molecule has 2 rings (SSSR count). The number of morpholine rings is 1. The van der Waals surface area contributed by atoms with Crippen LogP contribution in [0.15, 0.2) is 23.4 Å². The number of aromatic carboxylic acids is 1. The predicted octanol–water partition coefficient (Wildman–Crippen LogP) is -4.60. The SMILES string of the molecule is CN(CCN1CCOCC1)S(=O)(=O)c1cncc(C(=O)[O-])c1.[Na+]. The van der Waals surface area contributed by atoms with E-state index >= 15 is 0 Å². The molecule has 0 spiro atoms. The van der Waals surface area contributed by atoms with Crippen LogP contribution >= 0.6 is 0 Å². The van der Waals surface area contributed by atoms with Gasteiger partial charge in [-0.3, -0.25) is 9.88 Å². The van der Waals surface area contributed by atoms with Crippen LogP contribution in [0.4, 0.5) is 0 Å². The van der Waals surface area contributed by atoms with E-state index in [2.05, 4.69) is 9.88 Å². The molecule has 1 aliphatic rings. The van der Waals surface area contributed by atoms with Gasteiger partial charge in [-0.15, -0.1) is 0 Å². The Labute approximate surface area is 157 Å². The summed E-state index contributed by atoms with van der Waals surface area (Å²) >= 11 is 0. The molecule has 0 unspecified atom stereocenters. The molecule has 1 aliphatic heterocycles. The number of pyridine rings is 1. The van der Waals surface area contributed by atoms with Crippen molar-refractivity contribution in [3.8, 4) is 0 Å². The summed E-state index contributed by atoms with van der Waals surface area (Å²) in [6.07, 6.45) is 2.19. The third kappa shape index (κ3) is 5.49. The Morgan fingerprint density at radius 1 is 1.39 bits per heavy atom. The molecule has 10 heteroatoms. The summed E-state index contributed by atoms with van der Waals surface area (Å²) in [6, 6.07) is 1.06. The molecule has 1 aromatic heterocycles. The Hall–Kier alpha value is -0.550. The number of carbonyl (C=O) groups is 1. The van der Waals surface area contributed by atoms with Crippen LogP contribution in [0, 0.1) is 0 Å². The smallest absolute Gasteiger partial charge is 0.545 e. The van der Waals surface area contributed by atoms with E-state index in [0.717, 1.165) is 31.5 Å². The molecular weight excluding hydrogens is 333 g/mol. The van der Waals surface area contributed by atoms with Crippen molar-refractivity contribution in [1.82, 2.24) is 14.2 Å². The molecule has 2 heterocycles. The standard InChI is InChI=1S/C13H19N3O5S.Na/c1-15(2-3-16-4-6-21-7-5-16)22(19,20)12-8-11(13(17)18)9-14-10-12;/h8-10H,2-7H2,1H3,(H,17,18);/q;+1/p-1. The Morgan fingerprint density at radius 2 is 2.04 bits per heavy atom. The molecule has 0 atom stereocenters. The fourth-order valence-electron chi connectivity index (χ4n) is 2.08. The van der Waals surface area contributed by atoms with E-state index < -0.39 is 16.0 Å². The van der Waals surface area contributed by atoms with Crippen LogP contribution in [-0.4, -0.2) is 75.0 Å². The monoisotopic (exact) mass is 351 g/mol. The first-order chi connectivity index (χ1) is 10.4. The van der Waals surface area contributed by atoms with Crippen molar-refractivity contribution in [3.05, 3.63) is 24.0 Å². The third-order valence-electron chi connectivity index (χ3n) is 3.49. The predicted molar refractivity (Wildman–Crippen MR) is 75.6 cm³/mol. The van der Waals surface area contributed by atoms with Crippen molar-refractivity contribution in [1.29, 1.82) is 0 Å². The molecule has 0 aromatic carbocycles. The number of carbonyl (C=O) groups excluding carboxylic acids is 1. The molecule has 122 valence electrons. The van der Waals surface area contributed by atoms with E-state index in [1.165, 1.54) is 11.4 Å². The largest absolute Gasteiger partial charge is 1.00 e. The first-order valence-electron chi connectivity index (χ1n) is 6.84. The van der Waals surface area contributed by atoms with Gasteiger partial charge in [-0.1, -0.05) is 0 Å². The summed E-state index contributed by atoms with van der Waals surface area (Å²) in [4.78, 5) is 16.4. The molecule has 0 bridgehead atoms. The number of hydrogen-bond acceptors (Lipinski definition) is 7. The van der Waals surface area contributed by atoms with E-state index in [4.69, 9.17) is 4.74 Å². The quantitative estimate of drug-likeness (QED) is 0.475. The van der Waals surface area contributed by atoms with E-state index in [9.17, 15) is 18.3 Å². The fraction of sp³-hybridized carbons (Fsp3) is 0.538. The van der Waals surface area contributed by atoms with Crippen molar-refractivity contribution in [2.45, 2.75) is 4.90 Å². The Morgan fingerprint density at radius 3 is 2.65 bits per heavy atom. The van der Waals surface area contributed by atoms with Gasteiger partial charge in [0.05, 0.1) is 19.2 Å². The number of hydrogen-bond donors (Lipinski definition) is 0. The zero-order valence-electron chi connectivity index (χ0n) is 13.3. The van der Waals surface area contributed by atoms with Crippen LogP contribution in [0.3, 0.4) is 0 Å². The number of carboxylic acid groups (broad SMARTS) is 1. The molecule has 0 saturated carbocycles. The molecular formula is C13H18N3NaO5S. The van der Waals surface area contributed by atoms with Crippen molar-refractivity contribution in [2.75, 3.05) is 46.4 Å². The summed E-state index contributed by atoms with van der Waals surface area (Å²) in [5, 5.41) is 10.8. The zero-order valence-corrected chi connectivity index (χ0v) is 16.1. The van der Waals surface area contributed by atoms with Gasteiger partial charge in [0.25, 0.3) is 0 Å². The Balaban J connectivity index is 0.00000264. The number of nitrogens with zero attached hydrogens (tertiary/aromatic N) is 3. The average molecular weight is 351 g/mol. The second-order valence-electron chi connectivity index (χ2n) is 4.98. The van der Waals surface area contributed by atoms with Gasteiger partial charge in [0, 0.05) is 51.2 Å². The van der Waals surface area contributed by atoms with Crippen molar-refractivity contribution >= 4 is 16.0 Å². The minimum absolute atomic E-state index is 0. The van der Waals surface area contributed by atoms with Crippen LogP contribution in [0.1, 0.15) is 10.4 Å². The third-order valence-corrected chi connectivity index (χ3v) is 5.31. The number of aromatic nitrogens is 1. The van der Waals surface area contributed by atoms with Gasteiger partial charge in [0.15, 0.2) is 0 Å². The van der Waals surface area contributed by atoms with Gasteiger partial charge >= 0.3 is 29.6 Å². The maximum absolute atomic E-state index is 12.4. The first kappa shape index (κ1) is 20.5. The summed E-state index contributed by atoms with van der Waals surface area (Å²) in [5.41, 5.74) is -0.261. The maximum Gasteiger partial charge on any atom is 1.00 e. The number of sulfonamides is 1. The number of likely N-dealkylation sites (N-methyl/N-ethyl adjacent to an activating group) is 1. The van der Waals surface area contributed by atoms with Crippen LogP contribution in [0.2, 0.25) is 0 Å². The van der Waals surface area contributed by atoms with E-state index in [-0.39, 0.29) is 40.0 Å². The van der Waals surface area contributed by atoms with E-state index in [0.29, 0.717) is 26.3 Å². The molecule has 0 radical (unpaired) electrons. The fourth-order valence-corrected chi connectivity index (χ4v) is 3.23. The number of ether oxygens (including phenoxy) is 1. The van der Waals surface area contributed by atoms with Crippen LogP contribution in [0.25, 0.3) is 0 Å². The van der Waals surface area contributed by atoms with Crippen molar-refractivity contribution in [2.24, 2.45) is 0 Å². The molecule has 0 N–H and O–H groups in total. The average Bonchev–Trinajstić information content (AvgIpc) is 2.53. The molecule has 23 heavy (non-hydrogen) atoms. The molecule has 1 aromatic rings. The van der Waals surface area contributed by atoms with Crippen LogP contribution in [0.5, 0.6) is 0 Å². The van der Waals surface area contributed by atoms with Gasteiger partial charge in [0.1, 0.15) is 4.90 Å². The maximum atomic E-state index is 12.4. The van der Waals surface area contributed by atoms with Gasteiger partial charge in [-0.25, -0.2) is 8.42 Å². The van der Waals surface area contributed by atoms with Crippen LogP contribution in [-0.2, 0) is 14.8 Å². The normalized spacial score (nSPS) is 16.1. The molecule has 8 nitrogen and oxygen atoms in total. The van der Waals surface area contributed by atoms with Crippen molar-refractivity contribution in [3.63, 3.8) is 0 Å². The Kier molecular flexibility index (Phi) is 8.08. The minimum atomic E-state index is -3.77. The summed E-state index contributed by atoms with van der Waals surface area (Å²) < 4.78 is 31.2. The summed E-state index contributed by atoms with van der Waals surface area (Å²) in [7, 11) is -2.31. The Bertz CT molecular complexity index is 634. The number of rotatable bonds is 6. The zero-order chi connectivity index (χ0) is 16.2. The van der Waals surface area contributed by atoms with Gasteiger partial charge in [0.2, 0.25) is 10.0 Å². The topological polar surface area (TPSA) is 103 Å². The van der Waals surface area contributed by atoms with Crippen LogP contribution < -0.4 is 34.7 Å². The first-order valence-corrected chi connectivity index (χ1v) is 8.28. The van der Waals surface area contributed by atoms with Gasteiger partial charge in [-0.2, -0.15) is 4.31 Å².